The number of hydrogen-bond donors (Lipinski definition) is 1. The second-order valence-corrected chi connectivity index (χ2v) is 2.13. The molecule has 0 spiro atoms. The van der Waals surface area contributed by atoms with Gasteiger partial charge in [0.2, 0.25) is 0 Å². The van der Waals surface area contributed by atoms with E-state index >= 15 is 0 Å². The highest BCUT2D eigenvalue weighted by molar-refractivity contribution is 5.25. The second kappa shape index (κ2) is 5.86. The van der Waals surface area contributed by atoms with Crippen molar-refractivity contribution in [1.29, 1.82) is 0 Å². The molecule has 0 aromatic carbocycles. The monoisotopic (exact) mass is 155 g/mol. The van der Waals surface area contributed by atoms with Crippen LogP contribution in [-0.2, 0) is 0 Å². The van der Waals surface area contributed by atoms with Crippen molar-refractivity contribution < 1.29 is 4.39 Å². The molecule has 0 amide bonds. The Morgan fingerprint density at radius 2 is 2.27 bits per heavy atom. The smallest absolute Gasteiger partial charge is 0.122 e. The van der Waals surface area contributed by atoms with E-state index in [9.17, 15) is 4.39 Å². The van der Waals surface area contributed by atoms with E-state index in [0.29, 0.717) is 6.54 Å². The molecular formula is C9H14FN. The molecule has 11 heavy (non-hydrogen) atoms. The van der Waals surface area contributed by atoms with Crippen LogP contribution in [0.15, 0.2) is 36.2 Å². The first-order valence-electron chi connectivity index (χ1n) is 3.54. The van der Waals surface area contributed by atoms with Crippen LogP contribution in [0.3, 0.4) is 0 Å². The lowest BCUT2D eigenvalue weighted by Crippen LogP contribution is -2.09. The molecule has 0 heterocycles. The van der Waals surface area contributed by atoms with Crippen molar-refractivity contribution in [2.45, 2.75) is 6.92 Å². The predicted octanol–water partition coefficient (Wildman–Crippen LogP) is 2.19. The zero-order chi connectivity index (χ0) is 8.69. The fourth-order valence-electron chi connectivity index (χ4n) is 0.677. The first kappa shape index (κ1) is 10.1. The summed E-state index contributed by atoms with van der Waals surface area (Å²) in [5, 5.41) is 2.93. The lowest BCUT2D eigenvalue weighted by Gasteiger charge is -1.98. The van der Waals surface area contributed by atoms with E-state index in [1.54, 1.807) is 0 Å². The summed E-state index contributed by atoms with van der Waals surface area (Å²) in [5.74, 6) is -0.298. The molecule has 62 valence electrons. The summed E-state index contributed by atoms with van der Waals surface area (Å²) in [6.45, 7) is 5.87. The maximum absolute atomic E-state index is 12.6. The van der Waals surface area contributed by atoms with Crippen LogP contribution in [0.25, 0.3) is 0 Å². The molecule has 0 saturated carbocycles. The van der Waals surface area contributed by atoms with E-state index in [-0.39, 0.29) is 5.83 Å². The summed E-state index contributed by atoms with van der Waals surface area (Å²) >= 11 is 0. The zero-order valence-electron chi connectivity index (χ0n) is 7.02. The molecule has 0 rings (SSSR count). The average Bonchev–Trinajstić information content (AvgIpc) is 2.03. The molecule has 0 unspecified atom stereocenters. The molecule has 0 aromatic heterocycles. The highest BCUT2D eigenvalue weighted by Crippen LogP contribution is 2.03. The fraction of sp³-hybridized carbons (Fsp3) is 0.333. The largest absolute Gasteiger partial charge is 0.316 e. The number of hydrogen-bond acceptors (Lipinski definition) is 1. The Kier molecular flexibility index (Phi) is 5.39. The van der Waals surface area contributed by atoms with Crippen molar-refractivity contribution >= 4 is 0 Å². The van der Waals surface area contributed by atoms with Gasteiger partial charge in [-0.25, -0.2) is 4.39 Å². The van der Waals surface area contributed by atoms with Crippen molar-refractivity contribution in [3.63, 3.8) is 0 Å². The van der Waals surface area contributed by atoms with E-state index in [4.69, 9.17) is 0 Å². The SMILES string of the molecule is C=CC(F)=CC(=CC)CNC. The van der Waals surface area contributed by atoms with Gasteiger partial charge in [0, 0.05) is 6.54 Å². The minimum Gasteiger partial charge on any atom is -0.316 e. The molecule has 1 N–H and O–H groups in total. The lowest BCUT2D eigenvalue weighted by atomic mass is 10.2. The summed E-state index contributed by atoms with van der Waals surface area (Å²) in [5.41, 5.74) is 0.921. The van der Waals surface area contributed by atoms with Crippen LogP contribution in [-0.4, -0.2) is 13.6 Å². The van der Waals surface area contributed by atoms with Crippen LogP contribution < -0.4 is 5.32 Å². The van der Waals surface area contributed by atoms with Crippen LogP contribution >= 0.6 is 0 Å². The van der Waals surface area contributed by atoms with Gasteiger partial charge >= 0.3 is 0 Å². The van der Waals surface area contributed by atoms with Crippen LogP contribution in [0, 0.1) is 0 Å². The highest BCUT2D eigenvalue weighted by atomic mass is 19.1. The van der Waals surface area contributed by atoms with Gasteiger partial charge in [0.05, 0.1) is 0 Å². The standard InChI is InChI=1S/C9H14FN/c1-4-8(7-11-3)6-9(10)5-2/h4-6,11H,2,7H2,1,3H3. The highest BCUT2D eigenvalue weighted by Gasteiger charge is 1.91. The van der Waals surface area contributed by atoms with Gasteiger partial charge in [0.1, 0.15) is 5.83 Å². The minimum absolute atomic E-state index is 0.298. The zero-order valence-corrected chi connectivity index (χ0v) is 7.02. The molecule has 2 heteroatoms. The van der Waals surface area contributed by atoms with E-state index < -0.39 is 0 Å². The van der Waals surface area contributed by atoms with E-state index in [1.165, 1.54) is 12.2 Å². The molecule has 0 aromatic rings. The van der Waals surface area contributed by atoms with Crippen molar-refractivity contribution in [1.82, 2.24) is 5.32 Å². The van der Waals surface area contributed by atoms with E-state index in [0.717, 1.165) is 5.57 Å². The van der Waals surface area contributed by atoms with E-state index in [1.807, 2.05) is 20.0 Å². The molecule has 0 aliphatic carbocycles. The molecular weight excluding hydrogens is 141 g/mol. The predicted molar refractivity (Wildman–Crippen MR) is 47.1 cm³/mol. The van der Waals surface area contributed by atoms with Gasteiger partial charge < -0.3 is 5.32 Å². The molecule has 0 aliphatic rings. The molecule has 0 aliphatic heterocycles. The lowest BCUT2D eigenvalue weighted by molar-refractivity contribution is 0.665. The number of likely N-dealkylation sites (N-methyl/N-ethyl adjacent to an activating group) is 1. The Hall–Kier alpha value is -0.890. The van der Waals surface area contributed by atoms with Gasteiger partial charge in [0.25, 0.3) is 0 Å². The van der Waals surface area contributed by atoms with Crippen molar-refractivity contribution in [2.75, 3.05) is 13.6 Å². The molecule has 0 fully saturated rings. The number of nitrogens with one attached hydrogen (secondary N) is 1. The van der Waals surface area contributed by atoms with Gasteiger partial charge in [0.15, 0.2) is 0 Å². The molecule has 0 radical (unpaired) electrons. The molecule has 0 atom stereocenters. The Morgan fingerprint density at radius 3 is 2.64 bits per heavy atom. The average molecular weight is 155 g/mol. The van der Waals surface area contributed by atoms with E-state index in [2.05, 4.69) is 11.9 Å². The first-order valence-corrected chi connectivity index (χ1v) is 3.54. The van der Waals surface area contributed by atoms with Crippen molar-refractivity contribution in [3.8, 4) is 0 Å². The third-order valence-electron chi connectivity index (χ3n) is 1.27. The topological polar surface area (TPSA) is 12.0 Å². The third kappa shape index (κ3) is 4.51. The Labute approximate surface area is 67.3 Å². The third-order valence-corrected chi connectivity index (χ3v) is 1.27. The summed E-state index contributed by atoms with van der Waals surface area (Å²) in [7, 11) is 1.82. The summed E-state index contributed by atoms with van der Waals surface area (Å²) < 4.78 is 12.6. The van der Waals surface area contributed by atoms with Crippen LogP contribution in [0.4, 0.5) is 4.39 Å². The van der Waals surface area contributed by atoms with Crippen LogP contribution in [0.1, 0.15) is 6.92 Å². The maximum Gasteiger partial charge on any atom is 0.122 e. The molecule has 1 nitrogen and oxygen atoms in total. The number of halogens is 1. The second-order valence-electron chi connectivity index (χ2n) is 2.13. The maximum atomic E-state index is 12.6. The first-order chi connectivity index (χ1) is 5.24. The van der Waals surface area contributed by atoms with Crippen LogP contribution in [0.5, 0.6) is 0 Å². The van der Waals surface area contributed by atoms with Crippen molar-refractivity contribution in [2.24, 2.45) is 0 Å². The Balaban J connectivity index is 4.18. The van der Waals surface area contributed by atoms with Gasteiger partial charge in [-0.05, 0) is 31.7 Å². The van der Waals surface area contributed by atoms with Crippen LogP contribution in [0.2, 0.25) is 0 Å². The number of allylic oxidation sites excluding steroid dienone is 3. The van der Waals surface area contributed by atoms with Gasteiger partial charge in [-0.2, -0.15) is 0 Å². The minimum atomic E-state index is -0.298. The normalized spacial score (nSPS) is 13.4. The van der Waals surface area contributed by atoms with Crippen molar-refractivity contribution in [3.05, 3.63) is 36.2 Å². The Bertz CT molecular complexity index is 180. The fourth-order valence-corrected chi connectivity index (χ4v) is 0.677. The summed E-state index contributed by atoms with van der Waals surface area (Å²) in [6.07, 6.45) is 4.52. The van der Waals surface area contributed by atoms with Gasteiger partial charge in [-0.15, -0.1) is 0 Å². The quantitative estimate of drug-likeness (QED) is 0.614. The molecule has 0 bridgehead atoms. The molecule has 0 saturated heterocycles. The summed E-state index contributed by atoms with van der Waals surface area (Å²) in [6, 6.07) is 0. The number of rotatable bonds is 4. The van der Waals surface area contributed by atoms with Gasteiger partial charge in [-0.3, -0.25) is 0 Å². The summed E-state index contributed by atoms with van der Waals surface area (Å²) in [4.78, 5) is 0. The van der Waals surface area contributed by atoms with Gasteiger partial charge in [-0.1, -0.05) is 12.7 Å². The Morgan fingerprint density at radius 1 is 1.64 bits per heavy atom.